The summed E-state index contributed by atoms with van der Waals surface area (Å²) < 4.78 is 0. The molecule has 0 aromatic heterocycles. The second kappa shape index (κ2) is 5.16. The van der Waals surface area contributed by atoms with Crippen LogP contribution in [-0.4, -0.2) is 33.6 Å². The van der Waals surface area contributed by atoms with Gasteiger partial charge in [0.1, 0.15) is 6.10 Å². The normalized spacial score (nSPS) is 14.6. The first-order chi connectivity index (χ1) is 7.07. The molecule has 3 N–H and O–H groups in total. The van der Waals surface area contributed by atoms with Crippen molar-refractivity contribution in [3.63, 3.8) is 0 Å². The third-order valence-corrected chi connectivity index (χ3v) is 2.82. The number of carboxylic acid groups (broad SMARTS) is 1. The number of hydrogen-bond acceptors (Lipinski definition) is 4. The van der Waals surface area contributed by atoms with E-state index in [2.05, 4.69) is 0 Å². The molecular formula is C10H12O4S. The summed E-state index contributed by atoms with van der Waals surface area (Å²) in [5.74, 6) is -1.43. The Kier molecular flexibility index (Phi) is 4.14. The molecule has 0 saturated carbocycles. The smallest absolute Gasteiger partial charge is 0.335 e. The molecule has 0 saturated heterocycles. The van der Waals surface area contributed by atoms with Crippen LogP contribution in [0, 0.1) is 0 Å². The fraction of sp³-hybridized carbons (Fsp3) is 0.300. The molecule has 1 aromatic carbocycles. The van der Waals surface area contributed by atoms with Gasteiger partial charge in [0.25, 0.3) is 0 Å². The largest absolute Gasteiger partial charge is 0.479 e. The van der Waals surface area contributed by atoms with E-state index in [1.165, 1.54) is 11.8 Å². The zero-order valence-corrected chi connectivity index (χ0v) is 8.94. The summed E-state index contributed by atoms with van der Waals surface area (Å²) in [6, 6.07) is 6.84. The molecule has 0 bridgehead atoms. The molecule has 0 fully saturated rings. The summed E-state index contributed by atoms with van der Waals surface area (Å²) >= 11 is 1.39. The Morgan fingerprint density at radius 1 is 1.33 bits per heavy atom. The number of benzene rings is 1. The summed E-state index contributed by atoms with van der Waals surface area (Å²) in [6.45, 7) is 0. The Morgan fingerprint density at radius 2 is 1.93 bits per heavy atom. The van der Waals surface area contributed by atoms with Crippen LogP contribution in [-0.2, 0) is 4.79 Å². The molecule has 5 heteroatoms. The third-order valence-electron chi connectivity index (χ3n) is 2.01. The highest BCUT2D eigenvalue weighted by atomic mass is 32.2. The molecule has 1 aromatic rings. The highest BCUT2D eigenvalue weighted by molar-refractivity contribution is 7.98. The van der Waals surface area contributed by atoms with E-state index in [0.29, 0.717) is 5.56 Å². The van der Waals surface area contributed by atoms with E-state index in [1.54, 1.807) is 24.3 Å². The maximum Gasteiger partial charge on any atom is 0.335 e. The standard InChI is InChI=1S/C10H12O4S/c1-15-7-5-3-2-4-6(7)8(11)9(12)10(13)14/h2-5,8-9,11-12H,1H3,(H,13,14). The molecule has 0 aliphatic rings. The van der Waals surface area contributed by atoms with Crippen molar-refractivity contribution < 1.29 is 20.1 Å². The van der Waals surface area contributed by atoms with Gasteiger partial charge in [0.2, 0.25) is 0 Å². The molecule has 2 atom stereocenters. The van der Waals surface area contributed by atoms with Gasteiger partial charge in [-0.05, 0) is 17.9 Å². The summed E-state index contributed by atoms with van der Waals surface area (Å²) in [5.41, 5.74) is 0.430. The van der Waals surface area contributed by atoms with Gasteiger partial charge in [-0.1, -0.05) is 18.2 Å². The first-order valence-electron chi connectivity index (χ1n) is 4.29. The molecule has 0 radical (unpaired) electrons. The first kappa shape index (κ1) is 12.0. The molecule has 1 rings (SSSR count). The maximum absolute atomic E-state index is 10.5. The van der Waals surface area contributed by atoms with Crippen molar-refractivity contribution >= 4 is 17.7 Å². The van der Waals surface area contributed by atoms with Crippen LogP contribution in [0.3, 0.4) is 0 Å². The van der Waals surface area contributed by atoms with Crippen LogP contribution >= 0.6 is 11.8 Å². The Bertz CT molecular complexity index is 353. The van der Waals surface area contributed by atoms with Gasteiger partial charge in [0.15, 0.2) is 6.10 Å². The average molecular weight is 228 g/mol. The van der Waals surface area contributed by atoms with Crippen LogP contribution in [0.4, 0.5) is 0 Å². The SMILES string of the molecule is CSc1ccccc1C(O)C(O)C(=O)O. The van der Waals surface area contributed by atoms with Crippen molar-refractivity contribution in [2.24, 2.45) is 0 Å². The predicted octanol–water partition coefficient (Wildman–Crippen LogP) is 0.887. The van der Waals surface area contributed by atoms with E-state index in [-0.39, 0.29) is 0 Å². The van der Waals surface area contributed by atoms with Crippen LogP contribution in [0.2, 0.25) is 0 Å². The zero-order valence-electron chi connectivity index (χ0n) is 8.12. The summed E-state index contributed by atoms with van der Waals surface area (Å²) in [5, 5.41) is 27.4. The van der Waals surface area contributed by atoms with E-state index >= 15 is 0 Å². The molecule has 2 unspecified atom stereocenters. The van der Waals surface area contributed by atoms with Crippen molar-refractivity contribution in [1.29, 1.82) is 0 Å². The highest BCUT2D eigenvalue weighted by Gasteiger charge is 2.26. The van der Waals surface area contributed by atoms with Gasteiger partial charge >= 0.3 is 5.97 Å². The van der Waals surface area contributed by atoms with Gasteiger partial charge in [0, 0.05) is 4.90 Å². The number of carbonyl (C=O) groups is 1. The number of aliphatic hydroxyl groups excluding tert-OH is 2. The summed E-state index contributed by atoms with van der Waals surface area (Å²) in [7, 11) is 0. The van der Waals surface area contributed by atoms with Gasteiger partial charge in [-0.2, -0.15) is 0 Å². The summed E-state index contributed by atoms with van der Waals surface area (Å²) in [6.07, 6.45) is -1.37. The second-order valence-corrected chi connectivity index (χ2v) is 3.82. The topological polar surface area (TPSA) is 77.8 Å². The number of hydrogen-bond donors (Lipinski definition) is 3. The van der Waals surface area contributed by atoms with Crippen LogP contribution in [0.5, 0.6) is 0 Å². The van der Waals surface area contributed by atoms with E-state index in [4.69, 9.17) is 5.11 Å². The Balaban J connectivity index is 2.99. The lowest BCUT2D eigenvalue weighted by atomic mass is 10.0. The molecule has 82 valence electrons. The van der Waals surface area contributed by atoms with Gasteiger partial charge < -0.3 is 15.3 Å². The minimum atomic E-state index is -1.79. The van der Waals surface area contributed by atoms with E-state index in [0.717, 1.165) is 4.90 Å². The van der Waals surface area contributed by atoms with Gasteiger partial charge in [-0.15, -0.1) is 11.8 Å². The van der Waals surface area contributed by atoms with Crippen LogP contribution < -0.4 is 0 Å². The van der Waals surface area contributed by atoms with Crippen molar-refractivity contribution in [2.45, 2.75) is 17.1 Å². The van der Waals surface area contributed by atoms with Crippen molar-refractivity contribution in [3.05, 3.63) is 29.8 Å². The Labute approximate surface area is 91.6 Å². The number of aliphatic carboxylic acids is 1. The minimum Gasteiger partial charge on any atom is -0.479 e. The number of thioether (sulfide) groups is 1. The summed E-state index contributed by atoms with van der Waals surface area (Å²) in [4.78, 5) is 11.3. The maximum atomic E-state index is 10.5. The lowest BCUT2D eigenvalue weighted by molar-refractivity contribution is -0.153. The van der Waals surface area contributed by atoms with Crippen LogP contribution in [0.1, 0.15) is 11.7 Å². The number of rotatable bonds is 4. The average Bonchev–Trinajstić information content (AvgIpc) is 2.26. The van der Waals surface area contributed by atoms with E-state index in [1.807, 2.05) is 6.26 Å². The molecule has 0 aliphatic heterocycles. The Hall–Kier alpha value is -1.04. The zero-order chi connectivity index (χ0) is 11.4. The molecule has 4 nitrogen and oxygen atoms in total. The fourth-order valence-electron chi connectivity index (χ4n) is 1.22. The van der Waals surface area contributed by atoms with Crippen molar-refractivity contribution in [3.8, 4) is 0 Å². The predicted molar refractivity (Wildman–Crippen MR) is 56.8 cm³/mol. The van der Waals surface area contributed by atoms with Crippen LogP contribution in [0.15, 0.2) is 29.2 Å². The van der Waals surface area contributed by atoms with E-state index in [9.17, 15) is 15.0 Å². The van der Waals surface area contributed by atoms with Crippen LogP contribution in [0.25, 0.3) is 0 Å². The Morgan fingerprint density at radius 3 is 2.47 bits per heavy atom. The third kappa shape index (κ3) is 2.71. The number of carboxylic acids is 1. The highest BCUT2D eigenvalue weighted by Crippen LogP contribution is 2.27. The monoisotopic (exact) mass is 228 g/mol. The molecular weight excluding hydrogens is 216 g/mol. The fourth-order valence-corrected chi connectivity index (χ4v) is 1.86. The number of aliphatic hydroxyl groups is 2. The van der Waals surface area contributed by atoms with Crippen molar-refractivity contribution in [2.75, 3.05) is 6.26 Å². The second-order valence-electron chi connectivity index (χ2n) is 2.97. The minimum absolute atomic E-state index is 0.430. The van der Waals surface area contributed by atoms with Gasteiger partial charge in [0.05, 0.1) is 0 Å². The van der Waals surface area contributed by atoms with Gasteiger partial charge in [-0.25, -0.2) is 4.79 Å². The molecule has 15 heavy (non-hydrogen) atoms. The molecule has 0 spiro atoms. The van der Waals surface area contributed by atoms with Gasteiger partial charge in [-0.3, -0.25) is 0 Å². The van der Waals surface area contributed by atoms with E-state index < -0.39 is 18.2 Å². The van der Waals surface area contributed by atoms with Crippen molar-refractivity contribution in [1.82, 2.24) is 0 Å². The first-order valence-corrected chi connectivity index (χ1v) is 5.52. The molecule has 0 aliphatic carbocycles. The molecule has 0 heterocycles. The lowest BCUT2D eigenvalue weighted by Gasteiger charge is -2.16. The quantitative estimate of drug-likeness (QED) is 0.667. The molecule has 0 amide bonds. The lowest BCUT2D eigenvalue weighted by Crippen LogP contribution is -2.27.